The molecule has 0 aliphatic carbocycles. The third kappa shape index (κ3) is 3.10. The molecule has 140 valence electrons. The van der Waals surface area contributed by atoms with E-state index in [9.17, 15) is 10.2 Å². The first kappa shape index (κ1) is 18.3. The molecule has 2 N–H and O–H groups in total. The number of hydrogen-bond acceptors (Lipinski definition) is 6. The van der Waals surface area contributed by atoms with Gasteiger partial charge in [0.2, 0.25) is 0 Å². The summed E-state index contributed by atoms with van der Waals surface area (Å²) in [5, 5.41) is 29.4. The average Bonchev–Trinajstić information content (AvgIpc) is 3.08. The molecule has 0 saturated carbocycles. The number of aliphatic hydroxyl groups is 2. The number of thiophene rings is 1. The predicted molar refractivity (Wildman–Crippen MR) is 106 cm³/mol. The van der Waals surface area contributed by atoms with Crippen LogP contribution in [0.5, 0.6) is 0 Å². The molecule has 2 aromatic heterocycles. The third-order valence-electron chi connectivity index (χ3n) is 4.79. The highest BCUT2D eigenvalue weighted by Crippen LogP contribution is 2.39. The summed E-state index contributed by atoms with van der Waals surface area (Å²) in [5.74, 6) is 1.37. The van der Waals surface area contributed by atoms with E-state index in [0.29, 0.717) is 10.8 Å². The summed E-state index contributed by atoms with van der Waals surface area (Å²) in [6, 6.07) is 7.02. The summed E-state index contributed by atoms with van der Waals surface area (Å²) >= 11 is 7.73. The summed E-state index contributed by atoms with van der Waals surface area (Å²) in [6.07, 6.45) is -1.45. The highest BCUT2D eigenvalue weighted by molar-refractivity contribution is 7.15. The van der Waals surface area contributed by atoms with Gasteiger partial charge in [0.05, 0.1) is 5.71 Å². The lowest BCUT2D eigenvalue weighted by atomic mass is 9.99. The topological polar surface area (TPSA) is 83.5 Å². The molecule has 0 radical (unpaired) electrons. The van der Waals surface area contributed by atoms with E-state index in [4.69, 9.17) is 16.6 Å². The van der Waals surface area contributed by atoms with Crippen molar-refractivity contribution in [1.82, 2.24) is 14.8 Å². The van der Waals surface area contributed by atoms with Crippen molar-refractivity contribution in [2.45, 2.75) is 39.5 Å². The molecular formula is C19H19ClN4O2S. The Balaban J connectivity index is 2.02. The molecular weight excluding hydrogens is 384 g/mol. The van der Waals surface area contributed by atoms with Gasteiger partial charge >= 0.3 is 0 Å². The second-order valence-corrected chi connectivity index (χ2v) is 8.26. The van der Waals surface area contributed by atoms with E-state index in [1.165, 1.54) is 4.88 Å². The minimum atomic E-state index is -1.49. The largest absolute Gasteiger partial charge is 0.368 e. The van der Waals surface area contributed by atoms with Gasteiger partial charge in [-0.05, 0) is 38.5 Å². The number of benzene rings is 1. The van der Waals surface area contributed by atoms with Crippen LogP contribution in [0.25, 0.3) is 5.00 Å². The van der Waals surface area contributed by atoms with Crippen molar-refractivity contribution >= 4 is 28.6 Å². The molecule has 1 atom stereocenters. The minimum Gasteiger partial charge on any atom is -0.368 e. The third-order valence-corrected chi connectivity index (χ3v) is 6.24. The van der Waals surface area contributed by atoms with Gasteiger partial charge in [-0.25, -0.2) is 0 Å². The molecule has 1 aliphatic rings. The first-order valence-electron chi connectivity index (χ1n) is 8.59. The molecule has 0 saturated heterocycles. The number of rotatable bonds is 3. The Labute approximate surface area is 165 Å². The molecule has 8 heteroatoms. The molecule has 0 bridgehead atoms. The maximum Gasteiger partial charge on any atom is 0.163 e. The van der Waals surface area contributed by atoms with E-state index in [-0.39, 0.29) is 6.42 Å². The quantitative estimate of drug-likeness (QED) is 0.657. The number of aliphatic imine (C=N–C) groups is 1. The molecule has 0 amide bonds. The monoisotopic (exact) mass is 402 g/mol. The van der Waals surface area contributed by atoms with Gasteiger partial charge in [-0.2, -0.15) is 0 Å². The minimum absolute atomic E-state index is 0.0438. The molecule has 6 nitrogen and oxygen atoms in total. The van der Waals surface area contributed by atoms with Crippen LogP contribution >= 0.6 is 22.9 Å². The first-order chi connectivity index (χ1) is 12.9. The van der Waals surface area contributed by atoms with Gasteiger partial charge in [-0.15, -0.1) is 21.5 Å². The van der Waals surface area contributed by atoms with Gasteiger partial charge in [0, 0.05) is 27.4 Å². The Morgan fingerprint density at radius 2 is 1.85 bits per heavy atom. The highest BCUT2D eigenvalue weighted by atomic mass is 35.5. The van der Waals surface area contributed by atoms with Gasteiger partial charge < -0.3 is 10.2 Å². The van der Waals surface area contributed by atoms with Crippen LogP contribution < -0.4 is 0 Å². The molecule has 1 aromatic carbocycles. The van der Waals surface area contributed by atoms with E-state index in [1.54, 1.807) is 11.3 Å². The number of aryl methyl sites for hydroxylation is 2. The maximum atomic E-state index is 9.60. The summed E-state index contributed by atoms with van der Waals surface area (Å²) in [6.45, 7) is 6.06. The van der Waals surface area contributed by atoms with Gasteiger partial charge in [-0.3, -0.25) is 9.56 Å². The van der Waals surface area contributed by atoms with Crippen molar-refractivity contribution in [3.63, 3.8) is 0 Å². The number of fused-ring (bicyclic) bond motifs is 3. The average molecular weight is 403 g/mol. The number of aliphatic hydroxyl groups excluding tert-OH is 1. The SMILES string of the molecule is Cc1sc2c(c1C)C(c1ccc(Cl)cc1)=N[C@@H](CC(O)O)c1nnc(C)n1-2. The van der Waals surface area contributed by atoms with Gasteiger partial charge in [-0.1, -0.05) is 23.7 Å². The van der Waals surface area contributed by atoms with Gasteiger partial charge in [0.1, 0.15) is 16.9 Å². The molecule has 3 aromatic rings. The van der Waals surface area contributed by atoms with Crippen LogP contribution in [0.2, 0.25) is 5.02 Å². The molecule has 4 rings (SSSR count). The van der Waals surface area contributed by atoms with Crippen molar-refractivity contribution in [3.05, 3.63) is 62.5 Å². The van der Waals surface area contributed by atoms with Crippen LogP contribution in [0.1, 0.15) is 45.7 Å². The highest BCUT2D eigenvalue weighted by Gasteiger charge is 2.32. The van der Waals surface area contributed by atoms with E-state index in [0.717, 1.165) is 33.2 Å². The van der Waals surface area contributed by atoms with E-state index in [2.05, 4.69) is 24.0 Å². The van der Waals surface area contributed by atoms with Crippen LogP contribution in [-0.2, 0) is 0 Å². The Bertz CT molecular complexity index is 1040. The first-order valence-corrected chi connectivity index (χ1v) is 9.78. The van der Waals surface area contributed by atoms with Crippen LogP contribution in [-0.4, -0.2) is 37.0 Å². The summed E-state index contributed by atoms with van der Waals surface area (Å²) in [7, 11) is 0. The fraction of sp³-hybridized carbons (Fsp3) is 0.316. The van der Waals surface area contributed by atoms with Crippen molar-refractivity contribution in [1.29, 1.82) is 0 Å². The molecule has 3 heterocycles. The fourth-order valence-electron chi connectivity index (χ4n) is 3.35. The predicted octanol–water partition coefficient (Wildman–Crippen LogP) is 3.50. The summed E-state index contributed by atoms with van der Waals surface area (Å²) in [5.41, 5.74) is 3.90. The molecule has 1 aliphatic heterocycles. The Kier molecular flexibility index (Phi) is 4.63. The normalized spacial score (nSPS) is 16.1. The number of halogens is 1. The van der Waals surface area contributed by atoms with Gasteiger partial charge in [0.15, 0.2) is 12.1 Å². The summed E-state index contributed by atoms with van der Waals surface area (Å²) < 4.78 is 1.99. The zero-order chi connectivity index (χ0) is 19.3. The van der Waals surface area contributed by atoms with E-state index in [1.807, 2.05) is 35.8 Å². The smallest absolute Gasteiger partial charge is 0.163 e. The lowest BCUT2D eigenvalue weighted by Crippen LogP contribution is -2.14. The lowest BCUT2D eigenvalue weighted by Gasteiger charge is -2.13. The van der Waals surface area contributed by atoms with Crippen molar-refractivity contribution < 1.29 is 10.2 Å². The van der Waals surface area contributed by atoms with Gasteiger partial charge in [0.25, 0.3) is 0 Å². The second kappa shape index (κ2) is 6.83. The van der Waals surface area contributed by atoms with E-state index >= 15 is 0 Å². The molecule has 0 fully saturated rings. The molecule has 27 heavy (non-hydrogen) atoms. The van der Waals surface area contributed by atoms with Crippen LogP contribution in [0.4, 0.5) is 0 Å². The van der Waals surface area contributed by atoms with Crippen molar-refractivity contribution in [3.8, 4) is 5.00 Å². The Morgan fingerprint density at radius 1 is 1.15 bits per heavy atom. The standard InChI is InChI=1S/C19H19ClN4O2S/c1-9-10(2)27-19-16(9)17(12-4-6-13(20)7-5-12)21-14(8-15(25)26)18-23-22-11(3)24(18)19/h4-7,14-15,25-26H,8H2,1-3H3/t14-/m0/s1. The van der Waals surface area contributed by atoms with Crippen LogP contribution in [0.15, 0.2) is 29.3 Å². The molecule has 0 unspecified atom stereocenters. The number of hydrogen-bond donors (Lipinski definition) is 2. The fourth-order valence-corrected chi connectivity index (χ4v) is 4.69. The number of nitrogens with zero attached hydrogens (tertiary/aromatic N) is 4. The maximum absolute atomic E-state index is 9.60. The van der Waals surface area contributed by atoms with E-state index < -0.39 is 12.3 Å². The van der Waals surface area contributed by atoms with Crippen LogP contribution in [0.3, 0.4) is 0 Å². The van der Waals surface area contributed by atoms with Crippen molar-refractivity contribution in [2.75, 3.05) is 0 Å². The van der Waals surface area contributed by atoms with Crippen molar-refractivity contribution in [2.24, 2.45) is 4.99 Å². The summed E-state index contributed by atoms with van der Waals surface area (Å²) in [4.78, 5) is 6.12. The number of aromatic nitrogens is 3. The Morgan fingerprint density at radius 3 is 2.52 bits per heavy atom. The zero-order valence-corrected chi connectivity index (χ0v) is 16.7. The Hall–Kier alpha value is -2.06. The molecule has 0 spiro atoms. The lowest BCUT2D eigenvalue weighted by molar-refractivity contribution is -0.0498. The van der Waals surface area contributed by atoms with Crippen LogP contribution in [0, 0.1) is 20.8 Å². The zero-order valence-electron chi connectivity index (χ0n) is 15.1. The second-order valence-electron chi connectivity index (χ2n) is 6.62.